The second kappa shape index (κ2) is 7.96. The molecule has 0 fully saturated rings. The van der Waals surface area contributed by atoms with Crippen LogP contribution in [0.2, 0.25) is 0 Å². The van der Waals surface area contributed by atoms with Crippen molar-refractivity contribution >= 4 is 22.7 Å². The molecule has 0 saturated carbocycles. The Hall–Kier alpha value is -2.96. The molecule has 142 valence electrons. The maximum atomic E-state index is 10.3. The van der Waals surface area contributed by atoms with Crippen molar-refractivity contribution in [3.05, 3.63) is 70.7 Å². The van der Waals surface area contributed by atoms with Crippen LogP contribution in [0.4, 0.5) is 0 Å². The Balaban J connectivity index is 1.55. The quantitative estimate of drug-likeness (QED) is 0.640. The summed E-state index contributed by atoms with van der Waals surface area (Å²) in [4.78, 5) is 6.48. The molecule has 0 aliphatic carbocycles. The number of rotatable bonds is 6. The lowest BCUT2D eigenvalue weighted by Crippen LogP contribution is -2.29. The van der Waals surface area contributed by atoms with Crippen LogP contribution in [0.5, 0.6) is 0 Å². The molecule has 1 aliphatic heterocycles. The highest BCUT2D eigenvalue weighted by molar-refractivity contribution is 7.11. The van der Waals surface area contributed by atoms with Crippen LogP contribution < -0.4 is 0 Å². The third-order valence-corrected chi connectivity index (χ3v) is 5.61. The Bertz CT molecular complexity index is 1010. The van der Waals surface area contributed by atoms with Crippen LogP contribution in [-0.4, -0.2) is 47.6 Å². The number of ether oxygens (including phenoxy) is 1. The van der Waals surface area contributed by atoms with E-state index in [1.54, 1.807) is 12.0 Å². The minimum atomic E-state index is 0.196. The second-order valence-electron chi connectivity index (χ2n) is 6.57. The lowest BCUT2D eigenvalue weighted by molar-refractivity contribution is 0.177. The van der Waals surface area contributed by atoms with Gasteiger partial charge in [0.05, 0.1) is 24.4 Å². The topological polar surface area (TPSA) is 69.4 Å². The summed E-state index contributed by atoms with van der Waals surface area (Å²) < 4.78 is 5.08. The summed E-state index contributed by atoms with van der Waals surface area (Å²) in [5, 5.41) is 21.4. The Morgan fingerprint density at radius 1 is 1.07 bits per heavy atom. The molecule has 2 heterocycles. The highest BCUT2D eigenvalue weighted by atomic mass is 32.1. The molecular formula is C22H21N3O2S. The summed E-state index contributed by atoms with van der Waals surface area (Å²) in [6.45, 7) is 1.42. The van der Waals surface area contributed by atoms with E-state index in [0.29, 0.717) is 36.1 Å². The van der Waals surface area contributed by atoms with Gasteiger partial charge in [-0.2, -0.15) is 0 Å². The largest absolute Gasteiger partial charge is 0.510 e. The van der Waals surface area contributed by atoms with Gasteiger partial charge < -0.3 is 14.7 Å². The molecule has 0 amide bonds. The van der Waals surface area contributed by atoms with Crippen molar-refractivity contribution < 1.29 is 9.84 Å². The van der Waals surface area contributed by atoms with Gasteiger partial charge in [-0.15, -0.1) is 11.3 Å². The second-order valence-corrected chi connectivity index (χ2v) is 7.42. The SMILES string of the molecule is COCCN1CC(O)=C(c2nc(-c3ccc(-c4ccccc4)cc3)cs2)C1=N. The molecule has 2 aromatic carbocycles. The van der Waals surface area contributed by atoms with E-state index >= 15 is 0 Å². The van der Waals surface area contributed by atoms with Gasteiger partial charge in [0.2, 0.25) is 0 Å². The Kier molecular flexibility index (Phi) is 5.23. The molecule has 0 atom stereocenters. The predicted octanol–water partition coefficient (Wildman–Crippen LogP) is 4.69. The number of thiazole rings is 1. The van der Waals surface area contributed by atoms with E-state index in [2.05, 4.69) is 41.4 Å². The standard InChI is InChI=1S/C22H21N3O2S/c1-27-12-11-25-13-19(26)20(21(25)23)22-24-18(14-28-22)17-9-7-16(8-10-17)15-5-3-2-4-6-15/h2-10,14,23,26H,11-13H2,1H3. The number of aliphatic hydroxyl groups is 1. The van der Waals surface area contributed by atoms with Crippen molar-refractivity contribution in [2.75, 3.05) is 26.8 Å². The van der Waals surface area contributed by atoms with Crippen LogP contribution in [0.25, 0.3) is 28.0 Å². The Morgan fingerprint density at radius 3 is 2.46 bits per heavy atom. The number of hydrogen-bond acceptors (Lipinski definition) is 5. The molecule has 0 spiro atoms. The number of methoxy groups -OCH3 is 1. The van der Waals surface area contributed by atoms with Crippen LogP contribution in [0, 0.1) is 5.41 Å². The van der Waals surface area contributed by atoms with Gasteiger partial charge in [0.15, 0.2) is 0 Å². The summed E-state index contributed by atoms with van der Waals surface area (Å²) >= 11 is 1.45. The molecule has 5 nitrogen and oxygen atoms in total. The number of benzene rings is 2. The van der Waals surface area contributed by atoms with Crippen molar-refractivity contribution in [2.45, 2.75) is 0 Å². The third-order valence-electron chi connectivity index (χ3n) is 4.75. The van der Waals surface area contributed by atoms with Crippen molar-refractivity contribution in [1.82, 2.24) is 9.88 Å². The van der Waals surface area contributed by atoms with Gasteiger partial charge in [-0.05, 0) is 11.1 Å². The van der Waals surface area contributed by atoms with Gasteiger partial charge >= 0.3 is 0 Å². The molecule has 1 aromatic heterocycles. The molecule has 3 aromatic rings. The summed E-state index contributed by atoms with van der Waals surface area (Å²) in [5.41, 5.74) is 4.73. The Morgan fingerprint density at radius 2 is 1.75 bits per heavy atom. The number of nitrogens with zero attached hydrogens (tertiary/aromatic N) is 2. The van der Waals surface area contributed by atoms with Crippen LogP contribution in [-0.2, 0) is 4.74 Å². The van der Waals surface area contributed by atoms with Gasteiger partial charge in [0, 0.05) is 24.6 Å². The maximum Gasteiger partial charge on any atom is 0.135 e. The van der Waals surface area contributed by atoms with E-state index in [1.165, 1.54) is 16.9 Å². The highest BCUT2D eigenvalue weighted by Crippen LogP contribution is 2.32. The zero-order valence-electron chi connectivity index (χ0n) is 15.6. The zero-order chi connectivity index (χ0) is 19.5. The van der Waals surface area contributed by atoms with Crippen molar-refractivity contribution in [2.24, 2.45) is 0 Å². The molecule has 1 aliphatic rings. The first-order valence-electron chi connectivity index (χ1n) is 9.04. The van der Waals surface area contributed by atoms with Crippen LogP contribution in [0.15, 0.2) is 65.7 Å². The molecule has 28 heavy (non-hydrogen) atoms. The first-order valence-corrected chi connectivity index (χ1v) is 9.92. The average molecular weight is 391 g/mol. The first-order chi connectivity index (χ1) is 13.7. The minimum absolute atomic E-state index is 0.196. The molecular weight excluding hydrogens is 370 g/mol. The predicted molar refractivity (Wildman–Crippen MR) is 114 cm³/mol. The third kappa shape index (κ3) is 3.56. The van der Waals surface area contributed by atoms with Gasteiger partial charge in [0.1, 0.15) is 16.6 Å². The number of hydrogen-bond donors (Lipinski definition) is 2. The van der Waals surface area contributed by atoms with Crippen LogP contribution >= 0.6 is 11.3 Å². The van der Waals surface area contributed by atoms with Crippen LogP contribution in [0.3, 0.4) is 0 Å². The zero-order valence-corrected chi connectivity index (χ0v) is 16.4. The number of aliphatic hydroxyl groups excluding tert-OH is 1. The van der Waals surface area contributed by atoms with Crippen molar-refractivity contribution in [3.63, 3.8) is 0 Å². The number of amidine groups is 1. The summed E-state index contributed by atoms with van der Waals surface area (Å²) in [6, 6.07) is 18.5. The lowest BCUT2D eigenvalue weighted by Gasteiger charge is -2.17. The van der Waals surface area contributed by atoms with Gasteiger partial charge in [-0.1, -0.05) is 54.6 Å². The monoisotopic (exact) mass is 391 g/mol. The minimum Gasteiger partial charge on any atom is -0.510 e. The van der Waals surface area contributed by atoms with E-state index in [-0.39, 0.29) is 5.76 Å². The maximum absolute atomic E-state index is 10.3. The fourth-order valence-electron chi connectivity index (χ4n) is 3.24. The first kappa shape index (κ1) is 18.4. The molecule has 4 rings (SSSR count). The molecule has 0 radical (unpaired) electrons. The molecule has 0 bridgehead atoms. The fraction of sp³-hybridized carbons (Fsp3) is 0.182. The molecule has 0 saturated heterocycles. The molecule has 2 N–H and O–H groups in total. The van der Waals surface area contributed by atoms with E-state index in [9.17, 15) is 5.11 Å². The van der Waals surface area contributed by atoms with Crippen molar-refractivity contribution in [1.29, 1.82) is 5.41 Å². The van der Waals surface area contributed by atoms with Gasteiger partial charge in [0.25, 0.3) is 0 Å². The van der Waals surface area contributed by atoms with E-state index in [1.807, 2.05) is 23.6 Å². The average Bonchev–Trinajstić information content (AvgIpc) is 3.31. The van der Waals surface area contributed by atoms with E-state index < -0.39 is 0 Å². The number of nitrogens with one attached hydrogen (secondary N) is 1. The van der Waals surface area contributed by atoms with E-state index in [4.69, 9.17) is 10.1 Å². The molecule has 6 heteroatoms. The normalized spacial score (nSPS) is 14.2. The fourth-order valence-corrected chi connectivity index (χ4v) is 4.13. The number of aromatic nitrogens is 1. The molecule has 0 unspecified atom stereocenters. The summed E-state index contributed by atoms with van der Waals surface area (Å²) in [7, 11) is 1.63. The smallest absolute Gasteiger partial charge is 0.135 e. The van der Waals surface area contributed by atoms with E-state index in [0.717, 1.165) is 16.8 Å². The summed E-state index contributed by atoms with van der Waals surface area (Å²) in [5.74, 6) is 0.497. The Labute approximate surface area is 168 Å². The van der Waals surface area contributed by atoms with Gasteiger partial charge in [-0.3, -0.25) is 5.41 Å². The highest BCUT2D eigenvalue weighted by Gasteiger charge is 2.29. The summed E-state index contributed by atoms with van der Waals surface area (Å²) in [6.07, 6.45) is 0. The van der Waals surface area contributed by atoms with Crippen molar-refractivity contribution in [3.8, 4) is 22.4 Å². The van der Waals surface area contributed by atoms with Gasteiger partial charge in [-0.25, -0.2) is 4.98 Å². The lowest BCUT2D eigenvalue weighted by atomic mass is 10.0. The van der Waals surface area contributed by atoms with Crippen LogP contribution in [0.1, 0.15) is 5.01 Å².